The Balaban J connectivity index is 2.79. The molecule has 0 bridgehead atoms. The van der Waals surface area contributed by atoms with E-state index in [0.717, 1.165) is 12.0 Å². The first-order valence-corrected chi connectivity index (χ1v) is 6.11. The fraction of sp³-hybridized carbons (Fsp3) is 0.538. The third kappa shape index (κ3) is 4.77. The highest BCUT2D eigenvalue weighted by atomic mass is 35.5. The van der Waals surface area contributed by atoms with E-state index >= 15 is 0 Å². The SMILES string of the molecule is CC(C)C(C)Cc1ccc(OC(F)(F)F)c(Cl)c1. The van der Waals surface area contributed by atoms with Crippen molar-refractivity contribution in [2.45, 2.75) is 33.6 Å². The van der Waals surface area contributed by atoms with Crippen molar-refractivity contribution >= 4 is 11.6 Å². The van der Waals surface area contributed by atoms with Crippen molar-refractivity contribution in [2.24, 2.45) is 11.8 Å². The van der Waals surface area contributed by atoms with Gasteiger partial charge in [-0.3, -0.25) is 0 Å². The van der Waals surface area contributed by atoms with Gasteiger partial charge in [0.05, 0.1) is 5.02 Å². The van der Waals surface area contributed by atoms with E-state index in [1.165, 1.54) is 12.1 Å². The first-order chi connectivity index (χ1) is 8.19. The van der Waals surface area contributed by atoms with Crippen LogP contribution >= 0.6 is 11.6 Å². The average Bonchev–Trinajstić information content (AvgIpc) is 2.20. The number of ether oxygens (including phenoxy) is 1. The standard InChI is InChI=1S/C13H16ClF3O/c1-8(2)9(3)6-10-4-5-12(11(14)7-10)18-13(15,16)17/h4-5,7-9H,6H2,1-3H3. The van der Waals surface area contributed by atoms with Crippen LogP contribution in [0.3, 0.4) is 0 Å². The summed E-state index contributed by atoms with van der Waals surface area (Å²) < 4.78 is 40.0. The maximum atomic E-state index is 12.1. The monoisotopic (exact) mass is 280 g/mol. The van der Waals surface area contributed by atoms with Crippen LogP contribution in [0.25, 0.3) is 0 Å². The second-order valence-electron chi connectivity index (χ2n) is 4.74. The van der Waals surface area contributed by atoms with Gasteiger partial charge in [0.2, 0.25) is 0 Å². The Hall–Kier alpha value is -0.900. The van der Waals surface area contributed by atoms with E-state index in [0.29, 0.717) is 11.8 Å². The lowest BCUT2D eigenvalue weighted by molar-refractivity contribution is -0.274. The molecule has 1 atom stereocenters. The molecule has 102 valence electrons. The van der Waals surface area contributed by atoms with E-state index in [1.807, 2.05) is 0 Å². The summed E-state index contributed by atoms with van der Waals surface area (Å²) in [4.78, 5) is 0. The molecule has 0 spiro atoms. The lowest BCUT2D eigenvalue weighted by Gasteiger charge is -2.16. The molecule has 1 aromatic carbocycles. The summed E-state index contributed by atoms with van der Waals surface area (Å²) in [6.07, 6.45) is -3.93. The molecule has 1 rings (SSSR count). The smallest absolute Gasteiger partial charge is 0.404 e. The van der Waals surface area contributed by atoms with E-state index in [1.54, 1.807) is 6.07 Å². The lowest BCUT2D eigenvalue weighted by atomic mass is 9.91. The fourth-order valence-corrected chi connectivity index (χ4v) is 1.73. The van der Waals surface area contributed by atoms with Gasteiger partial charge in [-0.2, -0.15) is 0 Å². The molecule has 1 unspecified atom stereocenters. The quantitative estimate of drug-likeness (QED) is 0.748. The average molecular weight is 281 g/mol. The normalized spacial score (nSPS) is 13.8. The second kappa shape index (κ2) is 5.83. The van der Waals surface area contributed by atoms with Crippen molar-refractivity contribution in [3.05, 3.63) is 28.8 Å². The summed E-state index contributed by atoms with van der Waals surface area (Å²) >= 11 is 5.77. The molecule has 0 amide bonds. The van der Waals surface area contributed by atoms with Gasteiger partial charge in [0.15, 0.2) is 0 Å². The van der Waals surface area contributed by atoms with E-state index in [2.05, 4.69) is 25.5 Å². The first-order valence-electron chi connectivity index (χ1n) is 5.73. The molecule has 0 saturated heterocycles. The molecular formula is C13H16ClF3O. The number of hydrogen-bond acceptors (Lipinski definition) is 1. The van der Waals surface area contributed by atoms with Crippen LogP contribution in [0.15, 0.2) is 18.2 Å². The van der Waals surface area contributed by atoms with Gasteiger partial charge in [-0.05, 0) is 36.0 Å². The lowest BCUT2D eigenvalue weighted by Crippen LogP contribution is -2.17. The summed E-state index contributed by atoms with van der Waals surface area (Å²) in [6, 6.07) is 4.41. The largest absolute Gasteiger partial charge is 0.573 e. The Morgan fingerprint density at radius 3 is 2.28 bits per heavy atom. The van der Waals surface area contributed by atoms with Crippen molar-refractivity contribution < 1.29 is 17.9 Å². The van der Waals surface area contributed by atoms with E-state index < -0.39 is 6.36 Å². The summed E-state index contributed by atoms with van der Waals surface area (Å²) in [6.45, 7) is 6.31. The summed E-state index contributed by atoms with van der Waals surface area (Å²) in [7, 11) is 0. The topological polar surface area (TPSA) is 9.23 Å². The minimum Gasteiger partial charge on any atom is -0.404 e. The van der Waals surface area contributed by atoms with Crippen molar-refractivity contribution in [2.75, 3.05) is 0 Å². The first kappa shape index (κ1) is 15.2. The van der Waals surface area contributed by atoms with Crippen LogP contribution < -0.4 is 4.74 Å². The molecule has 0 fully saturated rings. The highest BCUT2D eigenvalue weighted by molar-refractivity contribution is 6.32. The Morgan fingerprint density at radius 1 is 1.22 bits per heavy atom. The second-order valence-corrected chi connectivity index (χ2v) is 5.15. The minimum atomic E-state index is -4.71. The molecule has 18 heavy (non-hydrogen) atoms. The molecule has 0 N–H and O–H groups in total. The van der Waals surface area contributed by atoms with E-state index in [9.17, 15) is 13.2 Å². The maximum absolute atomic E-state index is 12.1. The predicted octanol–water partition coefficient (Wildman–Crippen LogP) is 5.07. The van der Waals surface area contributed by atoms with Crippen LogP contribution in [-0.4, -0.2) is 6.36 Å². The van der Waals surface area contributed by atoms with Crippen molar-refractivity contribution in [1.29, 1.82) is 0 Å². The van der Waals surface area contributed by atoms with Gasteiger partial charge in [-0.15, -0.1) is 13.2 Å². The van der Waals surface area contributed by atoms with Gasteiger partial charge in [0, 0.05) is 0 Å². The zero-order chi connectivity index (χ0) is 13.9. The van der Waals surface area contributed by atoms with Crippen LogP contribution in [0.5, 0.6) is 5.75 Å². The molecular weight excluding hydrogens is 265 g/mol. The van der Waals surface area contributed by atoms with Gasteiger partial charge < -0.3 is 4.74 Å². The number of benzene rings is 1. The van der Waals surface area contributed by atoms with Gasteiger partial charge in [0.1, 0.15) is 5.75 Å². The molecule has 0 aliphatic rings. The van der Waals surface area contributed by atoms with Crippen LogP contribution in [0, 0.1) is 11.8 Å². The zero-order valence-corrected chi connectivity index (χ0v) is 11.3. The molecule has 0 heterocycles. The molecule has 5 heteroatoms. The molecule has 0 aliphatic carbocycles. The van der Waals surface area contributed by atoms with Gasteiger partial charge in [-0.1, -0.05) is 38.4 Å². The Labute approximate surface area is 110 Å². The molecule has 0 aromatic heterocycles. The summed E-state index contributed by atoms with van der Waals surface area (Å²) in [5, 5.41) is -0.0132. The van der Waals surface area contributed by atoms with Crippen LogP contribution in [-0.2, 0) is 6.42 Å². The van der Waals surface area contributed by atoms with Crippen LogP contribution in [0.1, 0.15) is 26.3 Å². The number of halogens is 4. The highest BCUT2D eigenvalue weighted by Crippen LogP contribution is 2.31. The third-order valence-electron chi connectivity index (χ3n) is 2.92. The molecule has 0 radical (unpaired) electrons. The van der Waals surface area contributed by atoms with Crippen molar-refractivity contribution in [3.8, 4) is 5.75 Å². The van der Waals surface area contributed by atoms with Crippen LogP contribution in [0.4, 0.5) is 13.2 Å². The molecule has 1 nitrogen and oxygen atoms in total. The number of alkyl halides is 3. The Bertz CT molecular complexity index is 402. The van der Waals surface area contributed by atoms with Crippen molar-refractivity contribution in [3.63, 3.8) is 0 Å². The minimum absolute atomic E-state index is 0.0132. The van der Waals surface area contributed by atoms with E-state index in [-0.39, 0.29) is 10.8 Å². The van der Waals surface area contributed by atoms with Crippen LogP contribution in [0.2, 0.25) is 5.02 Å². The maximum Gasteiger partial charge on any atom is 0.573 e. The van der Waals surface area contributed by atoms with E-state index in [4.69, 9.17) is 11.6 Å². The summed E-state index contributed by atoms with van der Waals surface area (Å²) in [5.41, 5.74) is 0.913. The van der Waals surface area contributed by atoms with Gasteiger partial charge >= 0.3 is 6.36 Å². The molecule has 0 aliphatic heterocycles. The molecule has 1 aromatic rings. The number of hydrogen-bond donors (Lipinski definition) is 0. The zero-order valence-electron chi connectivity index (χ0n) is 10.5. The third-order valence-corrected chi connectivity index (χ3v) is 3.21. The van der Waals surface area contributed by atoms with Gasteiger partial charge in [0.25, 0.3) is 0 Å². The fourth-order valence-electron chi connectivity index (χ4n) is 1.49. The highest BCUT2D eigenvalue weighted by Gasteiger charge is 2.32. The van der Waals surface area contributed by atoms with Gasteiger partial charge in [-0.25, -0.2) is 0 Å². The Kier molecular flexibility index (Phi) is 4.91. The summed E-state index contributed by atoms with van der Waals surface area (Å²) in [5.74, 6) is 0.593. The Morgan fingerprint density at radius 2 is 1.83 bits per heavy atom. The van der Waals surface area contributed by atoms with Crippen molar-refractivity contribution in [1.82, 2.24) is 0 Å². The predicted molar refractivity (Wildman–Crippen MR) is 65.8 cm³/mol. The molecule has 0 saturated carbocycles. The number of rotatable bonds is 4.